The minimum atomic E-state index is -1.08. The summed E-state index contributed by atoms with van der Waals surface area (Å²) < 4.78 is 15.4. The van der Waals surface area contributed by atoms with Gasteiger partial charge in [0.05, 0.1) is 24.7 Å². The highest BCUT2D eigenvalue weighted by molar-refractivity contribution is 5.96. The van der Waals surface area contributed by atoms with Crippen LogP contribution in [0.4, 0.5) is 5.69 Å². The Hall–Kier alpha value is -2.84. The average molecular weight is 340 g/mol. The molecule has 1 atom stereocenters. The number of hydrogen-bond acceptors (Lipinski definition) is 7. The van der Waals surface area contributed by atoms with Gasteiger partial charge >= 0.3 is 5.97 Å². The largest absolute Gasteiger partial charge is 0.493 e. The van der Waals surface area contributed by atoms with Crippen LogP contribution in [-0.2, 0) is 9.53 Å². The number of methoxy groups -OCH3 is 1. The molecule has 0 heterocycles. The van der Waals surface area contributed by atoms with Crippen molar-refractivity contribution < 1.29 is 28.7 Å². The Balaban J connectivity index is 3.24. The van der Waals surface area contributed by atoms with E-state index >= 15 is 0 Å². The first-order valence-corrected chi connectivity index (χ1v) is 7.14. The molecular formula is C15H20N2O7. The van der Waals surface area contributed by atoms with E-state index < -0.39 is 28.6 Å². The zero-order valence-electron chi connectivity index (χ0n) is 14.2. The van der Waals surface area contributed by atoms with Gasteiger partial charge in [0, 0.05) is 20.2 Å². The normalized spacial score (nSPS) is 11.4. The number of ether oxygens (including phenoxy) is 3. The number of esters is 1. The van der Waals surface area contributed by atoms with Gasteiger partial charge < -0.3 is 19.1 Å². The van der Waals surface area contributed by atoms with E-state index in [1.807, 2.05) is 0 Å². The molecule has 0 saturated carbocycles. The molecular weight excluding hydrogens is 320 g/mol. The van der Waals surface area contributed by atoms with Crippen molar-refractivity contribution in [1.29, 1.82) is 0 Å². The van der Waals surface area contributed by atoms with Crippen LogP contribution in [0.25, 0.3) is 0 Å². The predicted octanol–water partition coefficient (Wildman–Crippen LogP) is 1.64. The van der Waals surface area contributed by atoms with E-state index in [9.17, 15) is 19.7 Å². The van der Waals surface area contributed by atoms with Gasteiger partial charge in [-0.3, -0.25) is 14.9 Å². The lowest BCUT2D eigenvalue weighted by atomic mass is 10.1. The third-order valence-electron chi connectivity index (χ3n) is 3.07. The Kier molecular flexibility index (Phi) is 6.51. The molecule has 0 aliphatic carbocycles. The minimum absolute atomic E-state index is 0.123. The number of amides is 1. The molecule has 0 radical (unpaired) electrons. The number of benzene rings is 1. The van der Waals surface area contributed by atoms with Gasteiger partial charge in [-0.1, -0.05) is 0 Å². The van der Waals surface area contributed by atoms with Gasteiger partial charge in [0.1, 0.15) is 5.56 Å². The highest BCUT2D eigenvalue weighted by Gasteiger charge is 2.28. The van der Waals surface area contributed by atoms with Gasteiger partial charge in [-0.05, 0) is 13.8 Å². The van der Waals surface area contributed by atoms with E-state index in [2.05, 4.69) is 0 Å². The molecule has 9 nitrogen and oxygen atoms in total. The first-order valence-electron chi connectivity index (χ1n) is 7.14. The Morgan fingerprint density at radius 2 is 1.92 bits per heavy atom. The van der Waals surface area contributed by atoms with E-state index in [1.165, 1.54) is 39.1 Å². The fraction of sp³-hybridized carbons (Fsp3) is 0.467. The number of carbonyl (C=O) groups is 2. The van der Waals surface area contributed by atoms with Crippen LogP contribution in [0.3, 0.4) is 0 Å². The van der Waals surface area contributed by atoms with E-state index in [1.54, 1.807) is 6.92 Å². The maximum Gasteiger partial charge on any atom is 0.346 e. The van der Waals surface area contributed by atoms with E-state index in [0.717, 1.165) is 6.07 Å². The van der Waals surface area contributed by atoms with Crippen LogP contribution in [0.15, 0.2) is 12.1 Å². The molecule has 1 aromatic carbocycles. The van der Waals surface area contributed by atoms with Crippen LogP contribution in [0.2, 0.25) is 0 Å². The summed E-state index contributed by atoms with van der Waals surface area (Å²) in [6, 6.07) is 2.26. The van der Waals surface area contributed by atoms with Gasteiger partial charge in [-0.25, -0.2) is 4.79 Å². The maximum atomic E-state index is 12.3. The first-order chi connectivity index (χ1) is 11.2. The van der Waals surface area contributed by atoms with Crippen molar-refractivity contribution in [2.24, 2.45) is 0 Å². The molecule has 0 bridgehead atoms. The lowest BCUT2D eigenvalue weighted by molar-refractivity contribution is -0.385. The van der Waals surface area contributed by atoms with E-state index in [0.29, 0.717) is 0 Å². The molecule has 0 aliphatic rings. The van der Waals surface area contributed by atoms with Crippen molar-refractivity contribution >= 4 is 17.6 Å². The van der Waals surface area contributed by atoms with Crippen LogP contribution in [-0.4, -0.2) is 55.6 Å². The number of nitro groups is 1. The Bertz CT molecular complexity index is 643. The number of rotatable bonds is 7. The number of likely N-dealkylation sites (N-methyl/N-ethyl adjacent to an activating group) is 1. The third-order valence-corrected chi connectivity index (χ3v) is 3.07. The molecule has 0 unspecified atom stereocenters. The fourth-order valence-corrected chi connectivity index (χ4v) is 1.93. The highest BCUT2D eigenvalue weighted by atomic mass is 16.6. The topological polar surface area (TPSA) is 108 Å². The molecule has 0 saturated heterocycles. The number of nitro benzene ring substituents is 1. The molecule has 0 N–H and O–H groups in total. The lowest BCUT2D eigenvalue weighted by Crippen LogP contribution is -2.35. The van der Waals surface area contributed by atoms with Crippen LogP contribution in [0.5, 0.6) is 11.5 Å². The van der Waals surface area contributed by atoms with Crippen molar-refractivity contribution in [1.82, 2.24) is 4.90 Å². The second-order valence-corrected chi connectivity index (χ2v) is 4.99. The molecule has 24 heavy (non-hydrogen) atoms. The van der Waals surface area contributed by atoms with Crippen LogP contribution in [0, 0.1) is 10.1 Å². The Morgan fingerprint density at radius 1 is 1.29 bits per heavy atom. The van der Waals surface area contributed by atoms with E-state index in [4.69, 9.17) is 14.2 Å². The summed E-state index contributed by atoms with van der Waals surface area (Å²) in [6.07, 6.45) is -1.08. The zero-order valence-corrected chi connectivity index (χ0v) is 14.2. The summed E-state index contributed by atoms with van der Waals surface area (Å²) in [5.41, 5.74) is -0.813. The summed E-state index contributed by atoms with van der Waals surface area (Å²) in [4.78, 5) is 35.8. The SMILES string of the molecule is CCOc1cc(C(=O)O[C@H](C)C(=O)N(C)C)c([N+](=O)[O-])cc1OC. The smallest absolute Gasteiger partial charge is 0.346 e. The molecule has 0 spiro atoms. The highest BCUT2D eigenvalue weighted by Crippen LogP contribution is 2.35. The minimum Gasteiger partial charge on any atom is -0.493 e. The standard InChI is InChI=1S/C15H20N2O7/c1-6-23-13-7-10(11(17(20)21)8-12(13)22-5)15(19)24-9(2)14(18)16(3)4/h7-9H,6H2,1-5H3/t9-/m1/s1. The zero-order chi connectivity index (χ0) is 18.4. The predicted molar refractivity (Wildman–Crippen MR) is 84.4 cm³/mol. The van der Waals surface area contributed by atoms with Crippen molar-refractivity contribution in [3.05, 3.63) is 27.8 Å². The summed E-state index contributed by atoms with van der Waals surface area (Å²) in [5, 5.41) is 11.2. The fourth-order valence-electron chi connectivity index (χ4n) is 1.93. The third kappa shape index (κ3) is 4.34. The van der Waals surface area contributed by atoms with Gasteiger partial charge in [-0.2, -0.15) is 0 Å². The average Bonchev–Trinajstić information content (AvgIpc) is 2.53. The lowest BCUT2D eigenvalue weighted by Gasteiger charge is -2.17. The van der Waals surface area contributed by atoms with Crippen molar-refractivity contribution in [3.8, 4) is 11.5 Å². The van der Waals surface area contributed by atoms with Gasteiger partial charge in [0.25, 0.3) is 11.6 Å². The van der Waals surface area contributed by atoms with Crippen molar-refractivity contribution in [2.75, 3.05) is 27.8 Å². The van der Waals surface area contributed by atoms with Crippen molar-refractivity contribution in [2.45, 2.75) is 20.0 Å². The monoisotopic (exact) mass is 340 g/mol. The van der Waals surface area contributed by atoms with Crippen LogP contribution in [0.1, 0.15) is 24.2 Å². The molecule has 0 aromatic heterocycles. The number of nitrogens with zero attached hydrogens (tertiary/aromatic N) is 2. The summed E-state index contributed by atoms with van der Waals surface area (Å²) >= 11 is 0. The summed E-state index contributed by atoms with van der Waals surface area (Å²) in [6.45, 7) is 3.38. The van der Waals surface area contributed by atoms with Gasteiger partial charge in [0.15, 0.2) is 17.6 Å². The molecule has 1 aromatic rings. The quantitative estimate of drug-likeness (QED) is 0.422. The van der Waals surface area contributed by atoms with Crippen LogP contribution >= 0.6 is 0 Å². The molecule has 0 aliphatic heterocycles. The summed E-state index contributed by atoms with van der Waals surface area (Å²) in [5.74, 6) is -1.14. The number of hydrogen-bond donors (Lipinski definition) is 0. The second-order valence-electron chi connectivity index (χ2n) is 4.99. The van der Waals surface area contributed by atoms with Gasteiger partial charge in [-0.15, -0.1) is 0 Å². The maximum absolute atomic E-state index is 12.3. The molecule has 1 amide bonds. The second kappa shape index (κ2) is 8.14. The van der Waals surface area contributed by atoms with E-state index in [-0.39, 0.29) is 23.7 Å². The Labute approximate surface area is 139 Å². The Morgan fingerprint density at radius 3 is 2.38 bits per heavy atom. The number of carbonyl (C=O) groups excluding carboxylic acids is 2. The molecule has 132 valence electrons. The molecule has 9 heteroatoms. The molecule has 0 fully saturated rings. The van der Waals surface area contributed by atoms with Crippen LogP contribution < -0.4 is 9.47 Å². The molecule has 1 rings (SSSR count). The first kappa shape index (κ1) is 19.2. The summed E-state index contributed by atoms with van der Waals surface area (Å²) in [7, 11) is 4.35. The van der Waals surface area contributed by atoms with Gasteiger partial charge in [0.2, 0.25) is 0 Å². The van der Waals surface area contributed by atoms with Crippen molar-refractivity contribution in [3.63, 3.8) is 0 Å².